The third kappa shape index (κ3) is 8.99. The fraction of sp³-hybridized carbons (Fsp3) is 0. The lowest BCUT2D eigenvalue weighted by atomic mass is 10.0. The van der Waals surface area contributed by atoms with E-state index in [9.17, 15) is 0 Å². The molecular formula is C92H56N8O2. The molecule has 0 aliphatic carbocycles. The number of fused-ring (bicyclic) bond motifs is 18. The third-order valence-corrected chi connectivity index (χ3v) is 20.3. The molecule has 0 spiro atoms. The molecule has 0 N–H and O–H groups in total. The van der Waals surface area contributed by atoms with E-state index < -0.39 is 0 Å². The zero-order chi connectivity index (χ0) is 66.9. The quantitative estimate of drug-likeness (QED) is 0.150. The van der Waals surface area contributed by atoms with Gasteiger partial charge in [0.2, 0.25) is 11.9 Å². The Bertz CT molecular complexity index is 7120. The zero-order valence-corrected chi connectivity index (χ0v) is 54.7. The summed E-state index contributed by atoms with van der Waals surface area (Å²) in [4.78, 5) is 21.3. The third-order valence-electron chi connectivity index (χ3n) is 20.3. The van der Waals surface area contributed by atoms with Gasteiger partial charge in [0.1, 0.15) is 22.3 Å². The molecule has 476 valence electrons. The van der Waals surface area contributed by atoms with Crippen LogP contribution in [0.1, 0.15) is 0 Å². The molecule has 10 heteroatoms. The van der Waals surface area contributed by atoms with Crippen molar-refractivity contribution in [2.24, 2.45) is 0 Å². The molecular weight excluding hydrogens is 1250 g/mol. The molecule has 0 radical (unpaired) electrons. The highest BCUT2D eigenvalue weighted by Gasteiger charge is 2.25. The lowest BCUT2D eigenvalue weighted by Gasteiger charge is -2.12. The van der Waals surface area contributed by atoms with Gasteiger partial charge in [-0.15, -0.1) is 0 Å². The van der Waals surface area contributed by atoms with Gasteiger partial charge in [-0.1, -0.05) is 224 Å². The molecule has 8 aromatic heterocycles. The second-order valence-electron chi connectivity index (χ2n) is 26.1. The van der Waals surface area contributed by atoms with E-state index in [0.717, 1.165) is 155 Å². The molecule has 0 amide bonds. The summed E-state index contributed by atoms with van der Waals surface area (Å²) in [6, 6.07) is 119. The van der Waals surface area contributed by atoms with Gasteiger partial charge in [-0.2, -0.15) is 0 Å². The first kappa shape index (κ1) is 57.1. The van der Waals surface area contributed by atoms with E-state index in [1.165, 1.54) is 32.6 Å². The van der Waals surface area contributed by atoms with E-state index in [0.29, 0.717) is 11.9 Å². The number of benzene rings is 14. The summed E-state index contributed by atoms with van der Waals surface area (Å²) in [6.07, 6.45) is 0. The number of para-hydroxylation sites is 9. The summed E-state index contributed by atoms with van der Waals surface area (Å²) in [5, 5.41) is 13.7. The highest BCUT2D eigenvalue weighted by molar-refractivity contribution is 6.21. The predicted octanol–water partition coefficient (Wildman–Crippen LogP) is 23.8. The van der Waals surface area contributed by atoms with Gasteiger partial charge < -0.3 is 18.0 Å². The van der Waals surface area contributed by atoms with Crippen molar-refractivity contribution in [3.8, 4) is 68.3 Å². The summed E-state index contributed by atoms with van der Waals surface area (Å²) < 4.78 is 22.0. The highest BCUT2D eigenvalue weighted by Crippen LogP contribution is 2.44. The largest absolute Gasteiger partial charge is 0.456 e. The Balaban J connectivity index is 0.000000133. The fourth-order valence-corrected chi connectivity index (χ4v) is 15.7. The first-order chi connectivity index (χ1) is 50.6. The average Bonchev–Trinajstić information content (AvgIpc) is 1.56. The normalized spacial score (nSPS) is 11.9. The van der Waals surface area contributed by atoms with Crippen LogP contribution in [0.3, 0.4) is 0 Å². The number of rotatable bonds is 8. The molecule has 22 rings (SSSR count). The molecule has 102 heavy (non-hydrogen) atoms. The minimum atomic E-state index is 0.608. The summed E-state index contributed by atoms with van der Waals surface area (Å²) in [5.74, 6) is 1.23. The molecule has 14 aromatic carbocycles. The molecule has 22 aromatic rings. The van der Waals surface area contributed by atoms with Crippen LogP contribution >= 0.6 is 0 Å². The highest BCUT2D eigenvalue weighted by atomic mass is 16.3. The van der Waals surface area contributed by atoms with Crippen molar-refractivity contribution in [3.63, 3.8) is 0 Å². The van der Waals surface area contributed by atoms with Gasteiger partial charge in [-0.25, -0.2) is 19.9 Å². The number of hydrogen-bond donors (Lipinski definition) is 0. The second kappa shape index (κ2) is 22.8. The van der Waals surface area contributed by atoms with Gasteiger partial charge in [-0.05, 0) is 115 Å². The maximum Gasteiger partial charge on any atom is 0.235 e. The van der Waals surface area contributed by atoms with Crippen molar-refractivity contribution in [2.45, 2.75) is 0 Å². The minimum absolute atomic E-state index is 0.608. The molecule has 0 saturated carbocycles. The lowest BCUT2D eigenvalue weighted by molar-refractivity contribution is 0.669. The predicted molar refractivity (Wildman–Crippen MR) is 418 cm³/mol. The standard InChI is InChI=1S/2C46H28N4O/c1-3-14-29(15-4-1)38-28-39(35-22-13-21-34-33-20-9-12-25-44(33)51-45(34)35)48-46(47-38)50-41-24-11-8-19-32(41)37-26-42-36(27-43(37)50)31-18-7-10-23-40(31)49(42)30-16-5-2-6-17-30;1-3-13-29(14-4-1)38-28-39(30-23-24-35-34-19-9-12-22-44(34)51-45(35)25-30)48-46(47-38)50-41-21-11-8-18-33(41)37-26-42-36(27-43(37)50)32-17-7-10-20-40(32)49(42)31-15-5-2-6-16-31/h2*1-28H. The van der Waals surface area contributed by atoms with E-state index in [1.54, 1.807) is 0 Å². The van der Waals surface area contributed by atoms with Crippen molar-refractivity contribution in [3.05, 3.63) is 340 Å². The Morgan fingerprint density at radius 1 is 0.196 bits per heavy atom. The maximum absolute atomic E-state index is 6.51. The summed E-state index contributed by atoms with van der Waals surface area (Å²) in [7, 11) is 0. The Hall–Kier alpha value is -14.0. The Labute approximate surface area is 582 Å². The Morgan fingerprint density at radius 2 is 0.539 bits per heavy atom. The zero-order valence-electron chi connectivity index (χ0n) is 54.7. The Kier molecular flexibility index (Phi) is 12.8. The molecule has 0 aliphatic rings. The topological polar surface area (TPSA) is 97.6 Å². The number of aromatic nitrogens is 8. The smallest absolute Gasteiger partial charge is 0.235 e. The van der Waals surface area contributed by atoms with Gasteiger partial charge in [0, 0.05) is 98.3 Å². The number of nitrogens with zero attached hydrogens (tertiary/aromatic N) is 8. The van der Waals surface area contributed by atoms with E-state index >= 15 is 0 Å². The minimum Gasteiger partial charge on any atom is -0.456 e. The van der Waals surface area contributed by atoms with Crippen LogP contribution in [0.5, 0.6) is 0 Å². The molecule has 0 atom stereocenters. The second-order valence-corrected chi connectivity index (χ2v) is 26.1. The van der Waals surface area contributed by atoms with Crippen molar-refractivity contribution in [1.82, 2.24) is 38.2 Å². The van der Waals surface area contributed by atoms with Crippen LogP contribution in [0, 0.1) is 0 Å². The van der Waals surface area contributed by atoms with Crippen LogP contribution in [0.15, 0.2) is 349 Å². The first-order valence-corrected chi connectivity index (χ1v) is 34.3. The first-order valence-electron chi connectivity index (χ1n) is 34.3. The van der Waals surface area contributed by atoms with Gasteiger partial charge in [0.25, 0.3) is 0 Å². The van der Waals surface area contributed by atoms with E-state index in [2.05, 4.69) is 316 Å². The van der Waals surface area contributed by atoms with Crippen LogP contribution in [0.25, 0.3) is 199 Å². The van der Waals surface area contributed by atoms with Crippen LogP contribution in [0.4, 0.5) is 0 Å². The van der Waals surface area contributed by atoms with Gasteiger partial charge in [0.15, 0.2) is 0 Å². The van der Waals surface area contributed by atoms with Gasteiger partial charge >= 0.3 is 0 Å². The summed E-state index contributed by atoms with van der Waals surface area (Å²) in [5.41, 5.74) is 21.8. The van der Waals surface area contributed by atoms with E-state index in [-0.39, 0.29) is 0 Å². The molecule has 8 heterocycles. The molecule has 0 bridgehead atoms. The molecule has 0 unspecified atom stereocenters. The monoisotopic (exact) mass is 1300 g/mol. The van der Waals surface area contributed by atoms with Gasteiger partial charge in [-0.3, -0.25) is 9.13 Å². The van der Waals surface area contributed by atoms with Crippen molar-refractivity contribution >= 4 is 131 Å². The van der Waals surface area contributed by atoms with Crippen LogP contribution < -0.4 is 0 Å². The Morgan fingerprint density at radius 3 is 1.02 bits per heavy atom. The lowest BCUT2D eigenvalue weighted by Crippen LogP contribution is -2.04. The maximum atomic E-state index is 6.51. The molecule has 0 aliphatic heterocycles. The molecule has 0 fully saturated rings. The van der Waals surface area contributed by atoms with Crippen molar-refractivity contribution in [1.29, 1.82) is 0 Å². The SMILES string of the molecule is c1ccc(-c2cc(-c3ccc4c(c3)oc3ccccc34)nc(-n3c4ccccc4c4cc5c(cc43)c3ccccc3n5-c3ccccc3)n2)cc1.c1ccc(-c2cc(-c3cccc4c3oc3ccccc34)nc(-n3c4ccccc4c4cc5c(cc43)c3ccccc3n5-c3ccccc3)n2)cc1. The molecule has 0 saturated heterocycles. The van der Waals surface area contributed by atoms with E-state index in [4.69, 9.17) is 28.8 Å². The summed E-state index contributed by atoms with van der Waals surface area (Å²) >= 11 is 0. The average molecular weight is 1310 g/mol. The number of hydrogen-bond acceptors (Lipinski definition) is 6. The van der Waals surface area contributed by atoms with Gasteiger partial charge in [0.05, 0.1) is 66.9 Å². The van der Waals surface area contributed by atoms with Crippen LogP contribution in [0.2, 0.25) is 0 Å². The van der Waals surface area contributed by atoms with Crippen LogP contribution in [-0.4, -0.2) is 38.2 Å². The molecule has 10 nitrogen and oxygen atoms in total. The fourth-order valence-electron chi connectivity index (χ4n) is 15.7. The van der Waals surface area contributed by atoms with Crippen molar-refractivity contribution < 1.29 is 8.83 Å². The van der Waals surface area contributed by atoms with Crippen LogP contribution in [-0.2, 0) is 0 Å². The number of furan rings is 2. The van der Waals surface area contributed by atoms with Crippen molar-refractivity contribution in [2.75, 3.05) is 0 Å². The summed E-state index contributed by atoms with van der Waals surface area (Å²) in [6.45, 7) is 0. The van der Waals surface area contributed by atoms with E-state index in [1.807, 2.05) is 42.5 Å².